The fraction of sp³-hybridized carbons (Fsp3) is 0.524. The van der Waals surface area contributed by atoms with Crippen LogP contribution in [-0.4, -0.2) is 53.4 Å². The van der Waals surface area contributed by atoms with E-state index in [1.807, 2.05) is 6.92 Å². The monoisotopic (exact) mass is 404 g/mol. The Morgan fingerprint density at radius 3 is 2.57 bits per heavy atom. The van der Waals surface area contributed by atoms with Gasteiger partial charge in [0.1, 0.15) is 5.78 Å². The molecule has 0 spiro atoms. The smallest absolute Gasteiger partial charge is 0.240 e. The van der Waals surface area contributed by atoms with Gasteiger partial charge in [-0.15, -0.1) is 0 Å². The largest absolute Gasteiger partial charge is 0.342 e. The number of carbonyl (C=O) groups excluding carboxylic acids is 4. The first kappa shape index (κ1) is 20.5. The van der Waals surface area contributed by atoms with Crippen LogP contribution in [0.1, 0.15) is 44.6 Å². The van der Waals surface area contributed by atoms with Crippen molar-refractivity contribution in [3.05, 3.63) is 34.9 Å². The Morgan fingerprint density at radius 2 is 1.96 bits per heavy atom. The van der Waals surface area contributed by atoms with Crippen LogP contribution in [0.4, 0.5) is 0 Å². The van der Waals surface area contributed by atoms with Gasteiger partial charge < -0.3 is 4.90 Å². The van der Waals surface area contributed by atoms with E-state index in [1.165, 1.54) is 7.05 Å². The molecule has 0 aliphatic carbocycles. The van der Waals surface area contributed by atoms with Crippen LogP contribution in [-0.2, 0) is 24.6 Å². The minimum absolute atomic E-state index is 0.0804. The summed E-state index contributed by atoms with van der Waals surface area (Å²) < 4.78 is 0. The van der Waals surface area contributed by atoms with E-state index in [0.29, 0.717) is 30.1 Å². The molecule has 28 heavy (non-hydrogen) atoms. The zero-order valence-corrected chi connectivity index (χ0v) is 17.0. The molecular weight excluding hydrogens is 380 g/mol. The van der Waals surface area contributed by atoms with E-state index in [-0.39, 0.29) is 36.4 Å². The maximum Gasteiger partial charge on any atom is 0.240 e. The first-order chi connectivity index (χ1) is 13.3. The van der Waals surface area contributed by atoms with E-state index in [4.69, 9.17) is 11.6 Å². The summed E-state index contributed by atoms with van der Waals surface area (Å²) in [6.07, 6.45) is 1.79. The maximum atomic E-state index is 13.1. The van der Waals surface area contributed by atoms with Gasteiger partial charge in [-0.05, 0) is 24.5 Å². The average Bonchev–Trinajstić information content (AvgIpc) is 2.92. The second-order valence-corrected chi connectivity index (χ2v) is 8.08. The third-order valence-corrected chi connectivity index (χ3v) is 6.29. The fourth-order valence-electron chi connectivity index (χ4n) is 4.30. The molecule has 1 aromatic carbocycles. The Balaban J connectivity index is 1.90. The molecule has 0 saturated carbocycles. The van der Waals surface area contributed by atoms with Crippen molar-refractivity contribution in [3.8, 4) is 0 Å². The van der Waals surface area contributed by atoms with E-state index in [2.05, 4.69) is 0 Å². The van der Waals surface area contributed by atoms with Crippen molar-refractivity contribution in [2.24, 2.45) is 5.92 Å². The van der Waals surface area contributed by atoms with Crippen molar-refractivity contribution in [3.63, 3.8) is 0 Å². The number of halogens is 1. The van der Waals surface area contributed by atoms with Gasteiger partial charge in [-0.1, -0.05) is 36.7 Å². The number of likely N-dealkylation sites (tertiary alicyclic amines) is 2. The lowest BCUT2D eigenvalue weighted by Gasteiger charge is -2.35. The summed E-state index contributed by atoms with van der Waals surface area (Å²) in [4.78, 5) is 53.3. The number of imide groups is 1. The van der Waals surface area contributed by atoms with E-state index in [9.17, 15) is 19.2 Å². The van der Waals surface area contributed by atoms with Crippen LogP contribution in [0.3, 0.4) is 0 Å². The molecule has 2 atom stereocenters. The summed E-state index contributed by atoms with van der Waals surface area (Å²) in [5, 5.41) is 0.365. The molecule has 0 radical (unpaired) electrons. The van der Waals surface area contributed by atoms with Gasteiger partial charge >= 0.3 is 0 Å². The van der Waals surface area contributed by atoms with Crippen LogP contribution < -0.4 is 0 Å². The van der Waals surface area contributed by atoms with Crippen LogP contribution in [0, 0.1) is 5.92 Å². The lowest BCUT2D eigenvalue weighted by atomic mass is 9.75. The van der Waals surface area contributed by atoms with Gasteiger partial charge in [0.2, 0.25) is 17.7 Å². The number of Topliss-reactive ketones (excluding diaryl/α,β-unsaturated/α-hetero) is 1. The van der Waals surface area contributed by atoms with Gasteiger partial charge in [0, 0.05) is 50.3 Å². The highest BCUT2D eigenvalue weighted by atomic mass is 35.5. The van der Waals surface area contributed by atoms with Gasteiger partial charge in [0.05, 0.1) is 5.41 Å². The lowest BCUT2D eigenvalue weighted by molar-refractivity contribution is -0.142. The topological polar surface area (TPSA) is 74.8 Å². The van der Waals surface area contributed by atoms with Crippen LogP contribution in [0.15, 0.2) is 24.3 Å². The van der Waals surface area contributed by atoms with Crippen LogP contribution in [0.2, 0.25) is 5.02 Å². The molecule has 2 aliphatic rings. The molecule has 6 nitrogen and oxygen atoms in total. The zero-order chi connectivity index (χ0) is 20.5. The molecule has 1 aromatic rings. The predicted octanol–water partition coefficient (Wildman–Crippen LogP) is 2.57. The second-order valence-electron chi connectivity index (χ2n) is 7.67. The SMILES string of the molecule is CCC(=O)[C@H]1CCCN(C(=O)C[C@]2(c3ccccc3Cl)CC(=O)N(C)C2=O)C1. The minimum atomic E-state index is -1.29. The van der Waals surface area contributed by atoms with Crippen LogP contribution >= 0.6 is 11.6 Å². The number of amides is 3. The summed E-state index contributed by atoms with van der Waals surface area (Å²) in [7, 11) is 1.44. The molecule has 3 rings (SSSR count). The predicted molar refractivity (Wildman–Crippen MR) is 105 cm³/mol. The molecule has 0 aromatic heterocycles. The quantitative estimate of drug-likeness (QED) is 0.707. The molecule has 2 heterocycles. The Morgan fingerprint density at radius 1 is 1.25 bits per heavy atom. The number of benzene rings is 1. The van der Waals surface area contributed by atoms with Crippen molar-refractivity contribution in [2.75, 3.05) is 20.1 Å². The molecule has 0 N–H and O–H groups in total. The van der Waals surface area contributed by atoms with Crippen molar-refractivity contribution in [1.82, 2.24) is 9.80 Å². The molecule has 2 saturated heterocycles. The number of likely N-dealkylation sites (N-methyl/N-ethyl adjacent to an activating group) is 1. The molecule has 150 valence electrons. The highest BCUT2D eigenvalue weighted by molar-refractivity contribution is 6.32. The standard InChI is InChI=1S/C21H25ClN2O4/c1-3-17(25)14-7-6-10-24(13-14)19(27)12-21(11-18(26)23(2)20(21)28)15-8-4-5-9-16(15)22/h4-5,8-9,14H,3,6-7,10-13H2,1-2H3/t14-,21-/m0/s1. The normalized spacial score (nSPS) is 25.3. The van der Waals surface area contributed by atoms with Crippen molar-refractivity contribution in [1.29, 1.82) is 0 Å². The average molecular weight is 405 g/mol. The minimum Gasteiger partial charge on any atom is -0.342 e. The molecule has 2 aliphatic heterocycles. The van der Waals surface area contributed by atoms with Crippen molar-refractivity contribution in [2.45, 2.75) is 44.4 Å². The maximum absolute atomic E-state index is 13.1. The van der Waals surface area contributed by atoms with Crippen LogP contribution in [0.25, 0.3) is 0 Å². The Labute approximate surface area is 169 Å². The Kier molecular flexibility index (Phi) is 5.89. The first-order valence-electron chi connectivity index (χ1n) is 9.66. The molecule has 0 bridgehead atoms. The summed E-state index contributed by atoms with van der Waals surface area (Å²) in [5.41, 5.74) is -0.783. The van der Waals surface area contributed by atoms with Crippen LogP contribution in [0.5, 0.6) is 0 Å². The molecule has 2 fully saturated rings. The highest BCUT2D eigenvalue weighted by Crippen LogP contribution is 2.42. The summed E-state index contributed by atoms with van der Waals surface area (Å²) >= 11 is 6.36. The number of piperidine rings is 1. The number of nitrogens with zero attached hydrogens (tertiary/aromatic N) is 2. The van der Waals surface area contributed by atoms with Gasteiger partial charge in [-0.2, -0.15) is 0 Å². The van der Waals surface area contributed by atoms with Gasteiger partial charge in [-0.3, -0.25) is 24.1 Å². The summed E-state index contributed by atoms with van der Waals surface area (Å²) in [6.45, 7) is 2.76. The van der Waals surface area contributed by atoms with Gasteiger partial charge in [0.25, 0.3) is 0 Å². The van der Waals surface area contributed by atoms with E-state index < -0.39 is 11.3 Å². The first-order valence-corrected chi connectivity index (χ1v) is 10.0. The number of ketones is 1. The second kappa shape index (κ2) is 8.03. The van der Waals surface area contributed by atoms with E-state index in [1.54, 1.807) is 29.2 Å². The molecular formula is C21H25ClN2O4. The Hall–Kier alpha value is -2.21. The van der Waals surface area contributed by atoms with Crippen molar-refractivity contribution < 1.29 is 19.2 Å². The Bertz CT molecular complexity index is 824. The van der Waals surface area contributed by atoms with E-state index in [0.717, 1.165) is 17.7 Å². The van der Waals surface area contributed by atoms with Gasteiger partial charge in [0.15, 0.2) is 0 Å². The number of hydrogen-bond acceptors (Lipinski definition) is 4. The van der Waals surface area contributed by atoms with Gasteiger partial charge in [-0.25, -0.2) is 0 Å². The number of carbonyl (C=O) groups is 4. The molecule has 3 amide bonds. The summed E-state index contributed by atoms with van der Waals surface area (Å²) in [6, 6.07) is 6.87. The lowest BCUT2D eigenvalue weighted by Crippen LogP contribution is -2.46. The fourth-order valence-corrected chi connectivity index (χ4v) is 4.62. The number of hydrogen-bond donors (Lipinski definition) is 0. The van der Waals surface area contributed by atoms with E-state index >= 15 is 0 Å². The summed E-state index contributed by atoms with van der Waals surface area (Å²) in [5.74, 6) is -0.940. The third-order valence-electron chi connectivity index (χ3n) is 5.96. The zero-order valence-electron chi connectivity index (χ0n) is 16.2. The van der Waals surface area contributed by atoms with Crippen molar-refractivity contribution >= 4 is 35.1 Å². The molecule has 7 heteroatoms. The number of rotatable bonds is 5. The highest BCUT2D eigenvalue weighted by Gasteiger charge is 2.53. The molecule has 0 unspecified atom stereocenters. The third kappa shape index (κ3) is 3.58.